The molecule has 1 aromatic carbocycles. The Morgan fingerprint density at radius 2 is 1.71 bits per heavy atom. The van der Waals surface area contributed by atoms with Gasteiger partial charge in [0.05, 0.1) is 0 Å². The molecule has 1 aliphatic carbocycles. The monoisotopic (exact) mass is 290 g/mol. The number of halogens is 1. The van der Waals surface area contributed by atoms with Crippen molar-refractivity contribution in [2.45, 2.75) is 37.6 Å². The predicted octanol–water partition coefficient (Wildman–Crippen LogP) is 2.22. The number of carbonyl (C=O) groups excluding carboxylic acids is 3. The van der Waals surface area contributed by atoms with Gasteiger partial charge < -0.3 is 5.32 Å². The summed E-state index contributed by atoms with van der Waals surface area (Å²) in [5, 5.41) is 2.67. The highest BCUT2D eigenvalue weighted by Gasteiger charge is 2.53. The van der Waals surface area contributed by atoms with E-state index in [0.29, 0.717) is 17.7 Å². The molecule has 2 fully saturated rings. The first-order chi connectivity index (χ1) is 10.0. The summed E-state index contributed by atoms with van der Waals surface area (Å²) in [6.07, 6.45) is 3.85. The van der Waals surface area contributed by atoms with Gasteiger partial charge in [0.1, 0.15) is 11.4 Å². The van der Waals surface area contributed by atoms with Crippen molar-refractivity contribution in [2.75, 3.05) is 0 Å². The number of hydrogen-bond acceptors (Lipinski definition) is 3. The van der Waals surface area contributed by atoms with Gasteiger partial charge in [0.25, 0.3) is 11.8 Å². The van der Waals surface area contributed by atoms with Crippen LogP contribution in [-0.2, 0) is 4.79 Å². The molecule has 1 saturated heterocycles. The molecule has 0 aromatic heterocycles. The zero-order valence-corrected chi connectivity index (χ0v) is 11.4. The van der Waals surface area contributed by atoms with Gasteiger partial charge in [0.2, 0.25) is 0 Å². The fourth-order valence-electron chi connectivity index (χ4n) is 3.02. The molecule has 110 valence electrons. The normalized spacial score (nSPS) is 20.7. The Morgan fingerprint density at radius 3 is 2.33 bits per heavy atom. The van der Waals surface area contributed by atoms with Crippen LogP contribution < -0.4 is 5.32 Å². The van der Waals surface area contributed by atoms with Crippen molar-refractivity contribution >= 4 is 17.8 Å². The Kier molecular flexibility index (Phi) is 3.23. The highest BCUT2D eigenvalue weighted by Crippen LogP contribution is 2.34. The molecule has 0 atom stereocenters. The van der Waals surface area contributed by atoms with E-state index in [1.807, 2.05) is 0 Å². The van der Waals surface area contributed by atoms with Crippen LogP contribution >= 0.6 is 0 Å². The summed E-state index contributed by atoms with van der Waals surface area (Å²) >= 11 is 0. The minimum Gasteiger partial charge on any atom is -0.323 e. The first kappa shape index (κ1) is 13.7. The lowest BCUT2D eigenvalue weighted by Crippen LogP contribution is -2.48. The maximum absolute atomic E-state index is 12.9. The molecule has 21 heavy (non-hydrogen) atoms. The van der Waals surface area contributed by atoms with Crippen molar-refractivity contribution in [1.29, 1.82) is 0 Å². The number of benzene rings is 1. The Balaban J connectivity index is 1.88. The van der Waals surface area contributed by atoms with E-state index in [1.165, 1.54) is 12.1 Å². The summed E-state index contributed by atoms with van der Waals surface area (Å²) in [6, 6.07) is 4.11. The first-order valence-electron chi connectivity index (χ1n) is 7.00. The van der Waals surface area contributed by atoms with Crippen LogP contribution in [0.25, 0.3) is 0 Å². The highest BCUT2D eigenvalue weighted by molar-refractivity contribution is 6.22. The van der Waals surface area contributed by atoms with E-state index >= 15 is 0 Å². The number of nitrogens with one attached hydrogen (secondary N) is 1. The fourth-order valence-corrected chi connectivity index (χ4v) is 3.02. The molecule has 0 radical (unpaired) electrons. The predicted molar refractivity (Wildman–Crippen MR) is 71.9 cm³/mol. The van der Waals surface area contributed by atoms with Gasteiger partial charge in [-0.2, -0.15) is 4.90 Å². The quantitative estimate of drug-likeness (QED) is 0.637. The van der Waals surface area contributed by atoms with Crippen LogP contribution in [0.15, 0.2) is 24.3 Å². The molecule has 0 bridgehead atoms. The van der Waals surface area contributed by atoms with Gasteiger partial charge in [-0.05, 0) is 37.1 Å². The lowest BCUT2D eigenvalue weighted by atomic mass is 9.81. The maximum atomic E-state index is 12.9. The van der Waals surface area contributed by atoms with Crippen molar-refractivity contribution in [1.82, 2.24) is 10.2 Å². The number of urea groups is 1. The van der Waals surface area contributed by atoms with Gasteiger partial charge in [0.15, 0.2) is 0 Å². The van der Waals surface area contributed by atoms with E-state index in [-0.39, 0.29) is 5.56 Å². The summed E-state index contributed by atoms with van der Waals surface area (Å²) in [7, 11) is 0. The summed E-state index contributed by atoms with van der Waals surface area (Å²) in [6.45, 7) is 0. The van der Waals surface area contributed by atoms with Gasteiger partial charge in [-0.15, -0.1) is 0 Å². The van der Waals surface area contributed by atoms with E-state index in [0.717, 1.165) is 31.4 Å². The third-order valence-electron chi connectivity index (χ3n) is 4.16. The van der Waals surface area contributed by atoms with E-state index in [4.69, 9.17) is 0 Å². The Labute approximate surface area is 121 Å². The number of carbonyl (C=O) groups is 3. The lowest BCUT2D eigenvalue weighted by molar-refractivity contribution is -0.130. The minimum atomic E-state index is -0.926. The second kappa shape index (κ2) is 4.95. The second-order valence-corrected chi connectivity index (χ2v) is 5.53. The van der Waals surface area contributed by atoms with E-state index < -0.39 is 29.2 Å². The molecule has 1 saturated carbocycles. The summed E-state index contributed by atoms with van der Waals surface area (Å²) < 4.78 is 12.9. The summed E-state index contributed by atoms with van der Waals surface area (Å²) in [4.78, 5) is 37.5. The average molecular weight is 290 g/mol. The van der Waals surface area contributed by atoms with E-state index in [1.54, 1.807) is 0 Å². The number of imide groups is 3. The zero-order chi connectivity index (χ0) is 15.0. The van der Waals surface area contributed by atoms with E-state index in [2.05, 4.69) is 5.32 Å². The number of hydrogen-bond donors (Lipinski definition) is 1. The van der Waals surface area contributed by atoms with Crippen LogP contribution in [-0.4, -0.2) is 28.3 Å². The Hall–Kier alpha value is -2.24. The third-order valence-corrected chi connectivity index (χ3v) is 4.16. The molecule has 6 heteroatoms. The molecule has 1 N–H and O–H groups in total. The maximum Gasteiger partial charge on any atom is 0.332 e. The molecule has 5 nitrogen and oxygen atoms in total. The van der Waals surface area contributed by atoms with Crippen LogP contribution in [0.5, 0.6) is 0 Å². The van der Waals surface area contributed by atoms with Crippen molar-refractivity contribution in [3.8, 4) is 0 Å². The molecule has 3 rings (SSSR count). The van der Waals surface area contributed by atoms with Gasteiger partial charge in [0, 0.05) is 5.56 Å². The first-order valence-corrected chi connectivity index (χ1v) is 7.00. The molecule has 2 aliphatic rings. The van der Waals surface area contributed by atoms with Crippen LogP contribution in [0.4, 0.5) is 9.18 Å². The molecule has 1 aromatic rings. The molecule has 0 unspecified atom stereocenters. The van der Waals surface area contributed by atoms with E-state index in [9.17, 15) is 18.8 Å². The van der Waals surface area contributed by atoms with Crippen LogP contribution in [0.3, 0.4) is 0 Å². The zero-order valence-electron chi connectivity index (χ0n) is 11.4. The van der Waals surface area contributed by atoms with Crippen LogP contribution in [0.1, 0.15) is 42.5 Å². The molecule has 1 aliphatic heterocycles. The highest BCUT2D eigenvalue weighted by atomic mass is 19.1. The summed E-state index contributed by atoms with van der Waals surface area (Å²) in [5.74, 6) is -1.67. The van der Waals surface area contributed by atoms with Crippen molar-refractivity contribution in [3.63, 3.8) is 0 Å². The number of amides is 4. The van der Waals surface area contributed by atoms with Gasteiger partial charge >= 0.3 is 6.03 Å². The van der Waals surface area contributed by atoms with Crippen LogP contribution in [0.2, 0.25) is 0 Å². The van der Waals surface area contributed by atoms with Crippen molar-refractivity contribution in [3.05, 3.63) is 35.6 Å². The number of nitrogens with zero attached hydrogens (tertiary/aromatic N) is 1. The largest absolute Gasteiger partial charge is 0.332 e. The van der Waals surface area contributed by atoms with Gasteiger partial charge in [-0.25, -0.2) is 9.18 Å². The molecular formula is C15H15FN2O3. The molecule has 1 spiro atoms. The third kappa shape index (κ3) is 2.20. The minimum absolute atomic E-state index is 0.118. The van der Waals surface area contributed by atoms with Gasteiger partial charge in [-0.3, -0.25) is 9.59 Å². The molecule has 4 amide bonds. The number of rotatable bonds is 1. The smallest absolute Gasteiger partial charge is 0.323 e. The SMILES string of the molecule is O=C1NC2(CCCCC2)C(=O)N1C(=O)c1ccc(F)cc1. The molecule has 1 heterocycles. The Bertz CT molecular complexity index is 606. The van der Waals surface area contributed by atoms with Crippen molar-refractivity contribution in [2.24, 2.45) is 0 Å². The topological polar surface area (TPSA) is 66.5 Å². The van der Waals surface area contributed by atoms with Crippen LogP contribution in [0, 0.1) is 5.82 Å². The second-order valence-electron chi connectivity index (χ2n) is 5.53. The average Bonchev–Trinajstić information content (AvgIpc) is 2.71. The lowest BCUT2D eigenvalue weighted by Gasteiger charge is -2.30. The Morgan fingerprint density at radius 1 is 1.10 bits per heavy atom. The molecular weight excluding hydrogens is 275 g/mol. The summed E-state index contributed by atoms with van der Waals surface area (Å²) in [5.41, 5.74) is -0.807. The fraction of sp³-hybridized carbons (Fsp3) is 0.400. The van der Waals surface area contributed by atoms with Crippen molar-refractivity contribution < 1.29 is 18.8 Å². The standard InChI is InChI=1S/C15H15FN2O3/c16-11-6-4-10(5-7-11)12(19)18-13(20)15(17-14(18)21)8-2-1-3-9-15/h4-7H,1-3,8-9H2,(H,17,21). The van der Waals surface area contributed by atoms with Gasteiger partial charge in [-0.1, -0.05) is 19.3 Å².